The maximum Gasteiger partial charge on any atom is 0.254 e. The zero-order chi connectivity index (χ0) is 27.6. The monoisotopic (exact) mass is 515 g/mol. The van der Waals surface area contributed by atoms with Crippen molar-refractivity contribution in [3.05, 3.63) is 46.1 Å². The van der Waals surface area contributed by atoms with Crippen LogP contribution in [-0.4, -0.2) is 62.9 Å². The smallest absolute Gasteiger partial charge is 0.254 e. The van der Waals surface area contributed by atoms with Crippen LogP contribution in [0.2, 0.25) is 0 Å². The molecule has 206 valence electrons. The highest BCUT2D eigenvalue weighted by molar-refractivity contribution is 6.04. The first-order valence-electron chi connectivity index (χ1n) is 13.2. The first-order valence-corrected chi connectivity index (χ1v) is 13.2. The molecule has 2 rings (SSSR count). The molecule has 0 aromatic heterocycles. The van der Waals surface area contributed by atoms with Gasteiger partial charge in [0.1, 0.15) is 30.0 Å². The predicted molar refractivity (Wildman–Crippen MR) is 147 cm³/mol. The minimum Gasteiger partial charge on any atom is -0.496 e. The number of carbonyl (C=O) groups is 2. The number of allylic oxidation sites excluding steroid dienone is 4. The largest absolute Gasteiger partial charge is 0.496 e. The molecule has 0 radical (unpaired) electrons. The number of nitrogens with zero attached hydrogens (tertiary/aromatic N) is 1. The second-order valence-corrected chi connectivity index (χ2v) is 10.0. The van der Waals surface area contributed by atoms with E-state index in [1.165, 1.54) is 11.1 Å². The van der Waals surface area contributed by atoms with Gasteiger partial charge in [-0.1, -0.05) is 23.3 Å². The molecule has 0 saturated carbocycles. The summed E-state index contributed by atoms with van der Waals surface area (Å²) in [6.45, 7) is 13.4. The second-order valence-electron chi connectivity index (χ2n) is 10.0. The molecule has 2 atom stereocenters. The van der Waals surface area contributed by atoms with Crippen molar-refractivity contribution < 1.29 is 28.5 Å². The first kappa shape index (κ1) is 30.6. The number of methoxy groups -OCH3 is 2. The van der Waals surface area contributed by atoms with Crippen LogP contribution in [0.4, 0.5) is 0 Å². The van der Waals surface area contributed by atoms with Crippen molar-refractivity contribution in [1.29, 1.82) is 0 Å². The third kappa shape index (κ3) is 7.68. The van der Waals surface area contributed by atoms with Gasteiger partial charge >= 0.3 is 0 Å². The Morgan fingerprint density at radius 3 is 2.43 bits per heavy atom. The Labute approximate surface area is 222 Å². The molecule has 7 nitrogen and oxygen atoms in total. The summed E-state index contributed by atoms with van der Waals surface area (Å²) in [6, 6.07) is 1.65. The van der Waals surface area contributed by atoms with Gasteiger partial charge in [-0.15, -0.1) is 0 Å². The number of hydrogen-bond acceptors (Lipinski definition) is 6. The first-order chi connectivity index (χ1) is 17.6. The van der Waals surface area contributed by atoms with Crippen molar-refractivity contribution in [2.75, 3.05) is 34.1 Å². The number of fused-ring (bicyclic) bond motifs is 1. The summed E-state index contributed by atoms with van der Waals surface area (Å²) in [5.74, 6) is 0.708. The summed E-state index contributed by atoms with van der Waals surface area (Å²) in [4.78, 5) is 27.3. The highest BCUT2D eigenvalue weighted by Crippen LogP contribution is 2.45. The van der Waals surface area contributed by atoms with E-state index in [-0.39, 0.29) is 24.4 Å². The van der Waals surface area contributed by atoms with Gasteiger partial charge in [0.05, 0.1) is 18.2 Å². The number of aldehydes is 1. The molecule has 1 heterocycles. The third-order valence-corrected chi connectivity index (χ3v) is 7.02. The number of ether oxygens (including phenoxy) is 4. The predicted octanol–water partition coefficient (Wildman–Crippen LogP) is 6.15. The van der Waals surface area contributed by atoms with E-state index in [1.54, 1.807) is 25.2 Å². The molecule has 1 aliphatic heterocycles. The van der Waals surface area contributed by atoms with Crippen LogP contribution in [0.25, 0.3) is 0 Å². The van der Waals surface area contributed by atoms with E-state index in [0.717, 1.165) is 31.1 Å². The van der Waals surface area contributed by atoms with Gasteiger partial charge in [-0.05, 0) is 73.3 Å². The van der Waals surface area contributed by atoms with Gasteiger partial charge < -0.3 is 23.8 Å². The fourth-order valence-electron chi connectivity index (χ4n) is 4.75. The molecule has 1 aromatic carbocycles. The van der Waals surface area contributed by atoms with Crippen LogP contribution in [-0.2, 0) is 15.9 Å². The van der Waals surface area contributed by atoms with Crippen molar-refractivity contribution in [2.24, 2.45) is 0 Å². The van der Waals surface area contributed by atoms with Crippen LogP contribution in [0.1, 0.15) is 93.5 Å². The van der Waals surface area contributed by atoms with Crippen LogP contribution >= 0.6 is 0 Å². The van der Waals surface area contributed by atoms with Crippen LogP contribution in [0.15, 0.2) is 29.4 Å². The van der Waals surface area contributed by atoms with E-state index in [9.17, 15) is 9.59 Å². The molecule has 0 unspecified atom stereocenters. The minimum absolute atomic E-state index is 0.123. The van der Waals surface area contributed by atoms with E-state index in [2.05, 4.69) is 32.9 Å². The molecule has 1 amide bonds. The fraction of sp³-hybridized carbons (Fsp3) is 0.600. The molecule has 1 aliphatic rings. The molecule has 37 heavy (non-hydrogen) atoms. The van der Waals surface area contributed by atoms with Crippen molar-refractivity contribution in [2.45, 2.75) is 85.4 Å². The normalized spacial score (nSPS) is 19.0. The van der Waals surface area contributed by atoms with Gasteiger partial charge in [-0.25, -0.2) is 0 Å². The molecule has 0 bridgehead atoms. The molecular weight excluding hydrogens is 470 g/mol. The lowest BCUT2D eigenvalue weighted by molar-refractivity contribution is -0.147. The molecule has 1 aromatic rings. The van der Waals surface area contributed by atoms with Gasteiger partial charge in [0.15, 0.2) is 6.29 Å². The topological polar surface area (TPSA) is 74.3 Å². The Morgan fingerprint density at radius 1 is 1.16 bits per heavy atom. The molecule has 0 spiro atoms. The molecule has 7 heteroatoms. The summed E-state index contributed by atoms with van der Waals surface area (Å²) in [5.41, 5.74) is 3.21. The van der Waals surface area contributed by atoms with Crippen LogP contribution < -0.4 is 9.47 Å². The minimum atomic E-state index is -0.734. The SMILES string of the molecule is CCN(CC)C(=O)c1cc(OC)c2c(c1C=O)O[C@@](C)(CC/C=C(\C)CCC=C(C)C)[C@H](OCOC)C2. The van der Waals surface area contributed by atoms with Crippen molar-refractivity contribution in [3.8, 4) is 11.5 Å². The average molecular weight is 516 g/mol. The highest BCUT2D eigenvalue weighted by atomic mass is 16.7. The lowest BCUT2D eigenvalue weighted by atomic mass is 9.83. The van der Waals surface area contributed by atoms with Crippen LogP contribution in [0.5, 0.6) is 11.5 Å². The Balaban J connectivity index is 2.45. The average Bonchev–Trinajstić information content (AvgIpc) is 2.86. The Hall–Kier alpha value is -2.64. The summed E-state index contributed by atoms with van der Waals surface area (Å²) < 4.78 is 23.6. The summed E-state index contributed by atoms with van der Waals surface area (Å²) >= 11 is 0. The number of carbonyl (C=O) groups excluding carboxylic acids is 2. The van der Waals surface area contributed by atoms with Gasteiger partial charge in [0, 0.05) is 32.2 Å². The third-order valence-electron chi connectivity index (χ3n) is 7.02. The highest BCUT2D eigenvalue weighted by Gasteiger charge is 2.44. The number of amides is 1. The lowest BCUT2D eigenvalue weighted by Crippen LogP contribution is -2.51. The number of hydrogen-bond donors (Lipinski definition) is 0. The van der Waals surface area contributed by atoms with Crippen molar-refractivity contribution in [1.82, 2.24) is 4.90 Å². The van der Waals surface area contributed by atoms with E-state index in [4.69, 9.17) is 18.9 Å². The van der Waals surface area contributed by atoms with Gasteiger partial charge in [0.25, 0.3) is 5.91 Å². The van der Waals surface area contributed by atoms with Crippen molar-refractivity contribution in [3.63, 3.8) is 0 Å². The van der Waals surface area contributed by atoms with Gasteiger partial charge in [-0.2, -0.15) is 0 Å². The van der Waals surface area contributed by atoms with Crippen molar-refractivity contribution >= 4 is 12.2 Å². The van der Waals surface area contributed by atoms with Crippen LogP contribution in [0, 0.1) is 0 Å². The van der Waals surface area contributed by atoms with Gasteiger partial charge in [0.2, 0.25) is 0 Å². The molecule has 0 N–H and O–H groups in total. The summed E-state index contributed by atoms with van der Waals surface area (Å²) in [6.07, 6.45) is 8.88. The summed E-state index contributed by atoms with van der Waals surface area (Å²) in [7, 11) is 3.15. The molecule has 0 saturated heterocycles. The molecule has 0 fully saturated rings. The van der Waals surface area contributed by atoms with E-state index in [0.29, 0.717) is 43.0 Å². The lowest BCUT2D eigenvalue weighted by Gasteiger charge is -2.43. The standard InChI is InChI=1S/C30H45NO6/c1-9-31(10-2)29(33)23-17-26(35-8)24-18-27(36-20-34-7)30(6,37-28(24)25(23)19-32)16-12-15-22(5)14-11-13-21(3)4/h13,15,17,19,27H,9-12,14,16,18,20H2,1-8H3/b22-15+/t27-,30+/m1/s1. The number of rotatable bonds is 14. The quantitative estimate of drug-likeness (QED) is 0.168. The Bertz CT molecular complexity index is 990. The Kier molecular flexibility index (Phi) is 11.9. The molecule has 0 aliphatic carbocycles. The van der Waals surface area contributed by atoms with E-state index in [1.807, 2.05) is 20.8 Å². The maximum atomic E-state index is 13.3. The van der Waals surface area contributed by atoms with Gasteiger partial charge in [-0.3, -0.25) is 9.59 Å². The van der Waals surface area contributed by atoms with E-state index >= 15 is 0 Å². The number of benzene rings is 1. The fourth-order valence-corrected chi connectivity index (χ4v) is 4.75. The second kappa shape index (κ2) is 14.3. The maximum absolute atomic E-state index is 13.3. The molecular formula is C30H45NO6. The van der Waals surface area contributed by atoms with Crippen LogP contribution in [0.3, 0.4) is 0 Å². The Morgan fingerprint density at radius 2 is 1.86 bits per heavy atom. The zero-order valence-corrected chi connectivity index (χ0v) is 23.9. The summed E-state index contributed by atoms with van der Waals surface area (Å²) in [5, 5.41) is 0. The zero-order valence-electron chi connectivity index (χ0n) is 23.9. The van der Waals surface area contributed by atoms with E-state index < -0.39 is 5.60 Å².